The quantitative estimate of drug-likeness (QED) is 0.491. The van der Waals surface area contributed by atoms with Gasteiger partial charge in [-0.15, -0.1) is 10.2 Å². The van der Waals surface area contributed by atoms with Crippen LogP contribution in [0.2, 0.25) is 0 Å². The van der Waals surface area contributed by atoms with E-state index in [1.54, 1.807) is 18.3 Å². The van der Waals surface area contributed by atoms with Gasteiger partial charge in [-0.05, 0) is 64.5 Å². The minimum absolute atomic E-state index is 0.00763. The minimum Gasteiger partial charge on any atom is -0.507 e. The summed E-state index contributed by atoms with van der Waals surface area (Å²) in [5.74, 6) is -0.361. The first-order valence-electron chi connectivity index (χ1n) is 13.0. The molecule has 3 aliphatic rings. The molecule has 2 N–H and O–H groups in total. The first-order chi connectivity index (χ1) is 18.2. The van der Waals surface area contributed by atoms with E-state index < -0.39 is 17.5 Å². The summed E-state index contributed by atoms with van der Waals surface area (Å²) in [4.78, 5) is 14.4. The Labute approximate surface area is 219 Å². The number of halogens is 2. The van der Waals surface area contributed by atoms with Crippen LogP contribution in [0.3, 0.4) is 0 Å². The molecule has 6 rings (SSSR count). The lowest BCUT2D eigenvalue weighted by Crippen LogP contribution is -2.73. The van der Waals surface area contributed by atoms with Crippen molar-refractivity contribution in [3.63, 3.8) is 0 Å². The van der Waals surface area contributed by atoms with Crippen LogP contribution in [0.15, 0.2) is 30.6 Å². The average Bonchev–Trinajstić information content (AvgIpc) is 3.73. The highest BCUT2D eigenvalue weighted by Crippen LogP contribution is 2.46. The highest BCUT2D eigenvalue weighted by molar-refractivity contribution is 5.72. The maximum absolute atomic E-state index is 16.0. The number of ether oxygens (including phenoxy) is 1. The van der Waals surface area contributed by atoms with E-state index in [1.165, 1.54) is 13.2 Å². The SMILES string of the molecule is COc1ncc(F)c(-c2ccc(-c3cnc(N(C4CC4)[C@@H]4C[C@@]5(C)CCC[C@](C)(N5)[C@@H]4F)nn3)c(O)c2)n1. The summed E-state index contributed by atoms with van der Waals surface area (Å²) in [6, 6.07) is 4.51. The number of phenolic OH excluding ortho intramolecular Hbond substituents is 1. The summed E-state index contributed by atoms with van der Waals surface area (Å²) < 4.78 is 35.3. The van der Waals surface area contributed by atoms with Crippen molar-refractivity contribution in [2.24, 2.45) is 0 Å². The Bertz CT molecular complexity index is 1360. The third-order valence-corrected chi connectivity index (χ3v) is 8.15. The number of rotatable bonds is 6. The number of nitrogens with zero attached hydrogens (tertiary/aromatic N) is 6. The number of anilines is 1. The number of hydrogen-bond acceptors (Lipinski definition) is 9. The number of alkyl halides is 1. The molecule has 38 heavy (non-hydrogen) atoms. The summed E-state index contributed by atoms with van der Waals surface area (Å²) in [6.45, 7) is 4.18. The molecule has 2 aliphatic heterocycles. The van der Waals surface area contributed by atoms with E-state index in [2.05, 4.69) is 37.4 Å². The topological polar surface area (TPSA) is 109 Å². The van der Waals surface area contributed by atoms with Crippen molar-refractivity contribution in [1.82, 2.24) is 30.5 Å². The zero-order valence-electron chi connectivity index (χ0n) is 21.7. The van der Waals surface area contributed by atoms with Crippen LogP contribution in [0.25, 0.3) is 22.5 Å². The van der Waals surface area contributed by atoms with E-state index in [1.807, 2.05) is 11.8 Å². The third-order valence-electron chi connectivity index (χ3n) is 8.15. The lowest BCUT2D eigenvalue weighted by Gasteiger charge is -2.57. The number of aromatic hydroxyl groups is 1. The summed E-state index contributed by atoms with van der Waals surface area (Å²) in [7, 11) is 1.39. The zero-order valence-corrected chi connectivity index (χ0v) is 21.7. The highest BCUT2D eigenvalue weighted by Gasteiger charge is 2.56. The molecule has 1 aromatic carbocycles. The van der Waals surface area contributed by atoms with Gasteiger partial charge in [-0.1, -0.05) is 6.07 Å². The Kier molecular flexibility index (Phi) is 5.93. The second kappa shape index (κ2) is 9.07. The molecule has 2 aromatic heterocycles. The van der Waals surface area contributed by atoms with Crippen molar-refractivity contribution in [2.75, 3.05) is 12.0 Å². The molecular weight excluding hydrogens is 492 g/mol. The number of benzene rings is 1. The van der Waals surface area contributed by atoms with Crippen LogP contribution in [0.4, 0.5) is 14.7 Å². The van der Waals surface area contributed by atoms with Gasteiger partial charge in [-0.2, -0.15) is 4.98 Å². The lowest BCUT2D eigenvalue weighted by atomic mass is 9.68. The van der Waals surface area contributed by atoms with Gasteiger partial charge in [0.15, 0.2) is 5.82 Å². The van der Waals surface area contributed by atoms with Crippen molar-refractivity contribution in [3.8, 4) is 34.3 Å². The Hall–Kier alpha value is -3.47. The fourth-order valence-electron chi connectivity index (χ4n) is 6.24. The monoisotopic (exact) mass is 523 g/mol. The summed E-state index contributed by atoms with van der Waals surface area (Å²) in [5.41, 5.74) is 0.410. The van der Waals surface area contributed by atoms with Crippen LogP contribution in [0, 0.1) is 5.82 Å². The number of piperidine rings is 2. The first kappa shape index (κ1) is 24.8. The van der Waals surface area contributed by atoms with Gasteiger partial charge >= 0.3 is 6.01 Å². The third kappa shape index (κ3) is 4.32. The fraction of sp³-hybridized carbons (Fsp3) is 0.519. The van der Waals surface area contributed by atoms with E-state index in [-0.39, 0.29) is 35.1 Å². The van der Waals surface area contributed by atoms with Crippen molar-refractivity contribution in [3.05, 3.63) is 36.4 Å². The second-order valence-electron chi connectivity index (χ2n) is 11.2. The van der Waals surface area contributed by atoms with Gasteiger partial charge in [0.2, 0.25) is 5.95 Å². The van der Waals surface area contributed by atoms with E-state index in [9.17, 15) is 9.50 Å². The van der Waals surface area contributed by atoms with Gasteiger partial charge in [-0.3, -0.25) is 0 Å². The second-order valence-corrected chi connectivity index (χ2v) is 11.2. The number of methoxy groups -OCH3 is 1. The Morgan fingerprint density at radius 3 is 2.63 bits per heavy atom. The number of hydrogen-bond donors (Lipinski definition) is 2. The Morgan fingerprint density at radius 2 is 1.95 bits per heavy atom. The molecule has 1 saturated carbocycles. The Morgan fingerprint density at radius 1 is 1.13 bits per heavy atom. The van der Waals surface area contributed by atoms with Crippen LogP contribution < -0.4 is 15.0 Å². The molecule has 1 aliphatic carbocycles. The Balaban J connectivity index is 1.28. The smallest absolute Gasteiger partial charge is 0.316 e. The van der Waals surface area contributed by atoms with E-state index in [4.69, 9.17) is 4.74 Å². The van der Waals surface area contributed by atoms with Crippen molar-refractivity contribution in [2.45, 2.75) is 81.7 Å². The number of fused-ring (bicyclic) bond motifs is 2. The molecule has 2 bridgehead atoms. The predicted molar refractivity (Wildman–Crippen MR) is 137 cm³/mol. The molecule has 9 nitrogen and oxygen atoms in total. The molecule has 0 unspecified atom stereocenters. The highest BCUT2D eigenvalue weighted by atomic mass is 19.1. The van der Waals surface area contributed by atoms with E-state index >= 15 is 4.39 Å². The van der Waals surface area contributed by atoms with Crippen LogP contribution >= 0.6 is 0 Å². The van der Waals surface area contributed by atoms with Crippen LogP contribution in [0.5, 0.6) is 11.8 Å². The van der Waals surface area contributed by atoms with Crippen molar-refractivity contribution < 1.29 is 18.6 Å². The predicted octanol–water partition coefficient (Wildman–Crippen LogP) is 4.22. The van der Waals surface area contributed by atoms with Gasteiger partial charge in [0.1, 0.15) is 23.3 Å². The molecule has 2 saturated heterocycles. The maximum Gasteiger partial charge on any atom is 0.316 e. The molecule has 4 heterocycles. The van der Waals surface area contributed by atoms with Crippen LogP contribution in [-0.2, 0) is 0 Å². The molecule has 0 radical (unpaired) electrons. The van der Waals surface area contributed by atoms with Crippen LogP contribution in [-0.4, -0.2) is 66.7 Å². The zero-order chi connectivity index (χ0) is 26.7. The van der Waals surface area contributed by atoms with Gasteiger partial charge in [-0.25, -0.2) is 18.7 Å². The fourth-order valence-corrected chi connectivity index (χ4v) is 6.24. The van der Waals surface area contributed by atoms with E-state index in [0.717, 1.165) is 38.3 Å². The lowest BCUT2D eigenvalue weighted by molar-refractivity contribution is 0.0000874. The molecule has 200 valence electrons. The van der Waals surface area contributed by atoms with Crippen molar-refractivity contribution >= 4 is 5.95 Å². The molecule has 0 spiro atoms. The van der Waals surface area contributed by atoms with Gasteiger partial charge in [0, 0.05) is 28.2 Å². The largest absolute Gasteiger partial charge is 0.507 e. The number of aromatic nitrogens is 5. The van der Waals surface area contributed by atoms with Gasteiger partial charge in [0.25, 0.3) is 0 Å². The molecule has 11 heteroatoms. The summed E-state index contributed by atoms with van der Waals surface area (Å²) in [5, 5.41) is 23.1. The first-order valence-corrected chi connectivity index (χ1v) is 13.0. The van der Waals surface area contributed by atoms with Gasteiger partial charge in [0.05, 0.1) is 25.5 Å². The minimum atomic E-state index is -1.06. The summed E-state index contributed by atoms with van der Waals surface area (Å²) >= 11 is 0. The van der Waals surface area contributed by atoms with E-state index in [0.29, 0.717) is 29.2 Å². The molecule has 4 atom stereocenters. The maximum atomic E-state index is 16.0. The van der Waals surface area contributed by atoms with Gasteiger partial charge < -0.3 is 20.1 Å². The summed E-state index contributed by atoms with van der Waals surface area (Å²) in [6.07, 6.45) is 6.96. The number of nitrogens with one attached hydrogen (secondary N) is 1. The molecular formula is C27H31F2N7O2. The molecule has 0 amide bonds. The number of phenols is 1. The molecule has 3 aromatic rings. The standard InChI is InChI=1S/C27H31F2N7O2/c1-26-9-4-10-27(2,35-26)23(29)20(12-26)36(16-6-7-16)24-30-14-19(33-34-24)17-8-5-15(11-21(17)37)22-18(28)13-31-25(32-22)38-3/h5,8,11,13-14,16,20,23,35,37H,4,6-7,9-10,12H2,1-3H3/t20-,23-,26-,27+/m1/s1. The average molecular weight is 524 g/mol. The normalized spacial score (nSPS) is 28.7. The van der Waals surface area contributed by atoms with Crippen molar-refractivity contribution in [1.29, 1.82) is 0 Å². The molecule has 3 fully saturated rings. The van der Waals surface area contributed by atoms with Crippen LogP contribution in [0.1, 0.15) is 52.4 Å².